The van der Waals surface area contributed by atoms with Crippen LogP contribution in [0.4, 0.5) is 0 Å². The van der Waals surface area contributed by atoms with Crippen molar-refractivity contribution in [2.45, 2.75) is 50.5 Å². The highest BCUT2D eigenvalue weighted by Gasteiger charge is 2.81. The van der Waals surface area contributed by atoms with Crippen LogP contribution in [0.5, 0.6) is 5.75 Å². The van der Waals surface area contributed by atoms with Crippen LogP contribution in [0.1, 0.15) is 44.9 Å². The van der Waals surface area contributed by atoms with Crippen LogP contribution in [0.15, 0.2) is 54.6 Å². The molecule has 142 valence electrons. The number of hydrogen-bond donors (Lipinski definition) is 0. The molecule has 4 rings (SSSR count). The highest BCUT2D eigenvalue weighted by molar-refractivity contribution is 5.86. The summed E-state index contributed by atoms with van der Waals surface area (Å²) in [6, 6.07) is 17.5. The maximum absolute atomic E-state index is 12.9. The summed E-state index contributed by atoms with van der Waals surface area (Å²) in [5.41, 5.74) is -0.244. The van der Waals surface area contributed by atoms with Gasteiger partial charge in [-0.3, -0.25) is 0 Å². The first kappa shape index (κ1) is 18.0. The lowest BCUT2D eigenvalue weighted by Gasteiger charge is -2.45. The largest absolute Gasteiger partial charge is 0.497 e. The first-order chi connectivity index (χ1) is 12.7. The van der Waals surface area contributed by atoms with Gasteiger partial charge in [0.15, 0.2) is 5.60 Å². The van der Waals surface area contributed by atoms with Gasteiger partial charge < -0.3 is 14.3 Å². The number of rotatable bonds is 3. The van der Waals surface area contributed by atoms with Gasteiger partial charge in [-0.1, -0.05) is 42.5 Å². The van der Waals surface area contributed by atoms with Crippen molar-refractivity contribution < 1.29 is 19.1 Å². The predicted octanol–water partition coefficient (Wildman–Crippen LogP) is 3.99. The molecule has 0 spiro atoms. The van der Waals surface area contributed by atoms with E-state index in [1.54, 1.807) is 12.2 Å². The van der Waals surface area contributed by atoms with E-state index in [9.17, 15) is 4.79 Å². The SMILES string of the molecule is COc1ccc([C@@H]2N(C(C)(C)C)OC(=O)[C@@]3(C)O[C@@]23c2ccccc2)cc1. The van der Waals surface area contributed by atoms with Gasteiger partial charge in [0.1, 0.15) is 11.8 Å². The molecule has 0 saturated carbocycles. The quantitative estimate of drug-likeness (QED) is 0.768. The van der Waals surface area contributed by atoms with Gasteiger partial charge in [0.05, 0.1) is 7.11 Å². The fourth-order valence-electron chi connectivity index (χ4n) is 4.06. The summed E-state index contributed by atoms with van der Waals surface area (Å²) in [6.45, 7) is 7.90. The van der Waals surface area contributed by atoms with E-state index in [0.717, 1.165) is 16.9 Å². The predicted molar refractivity (Wildman–Crippen MR) is 101 cm³/mol. The number of hydroxylamine groups is 2. The Morgan fingerprint density at radius 1 is 1.04 bits per heavy atom. The molecular formula is C22H25NO4. The molecule has 5 heteroatoms. The molecule has 2 aromatic carbocycles. The summed E-state index contributed by atoms with van der Waals surface area (Å²) in [5, 5.41) is 1.78. The van der Waals surface area contributed by atoms with Gasteiger partial charge in [0, 0.05) is 5.54 Å². The molecule has 0 radical (unpaired) electrons. The van der Waals surface area contributed by atoms with E-state index in [2.05, 4.69) is 0 Å². The maximum atomic E-state index is 12.9. The number of epoxide rings is 1. The number of nitrogens with zero attached hydrogens (tertiary/aromatic N) is 1. The third-order valence-electron chi connectivity index (χ3n) is 5.52. The van der Waals surface area contributed by atoms with Gasteiger partial charge in [-0.15, -0.1) is 5.06 Å². The van der Waals surface area contributed by atoms with Gasteiger partial charge in [0.25, 0.3) is 0 Å². The second-order valence-corrected chi connectivity index (χ2v) is 8.29. The molecule has 2 aromatic rings. The first-order valence-corrected chi connectivity index (χ1v) is 9.15. The summed E-state index contributed by atoms with van der Waals surface area (Å²) >= 11 is 0. The fourth-order valence-corrected chi connectivity index (χ4v) is 4.06. The van der Waals surface area contributed by atoms with Crippen LogP contribution in [0.3, 0.4) is 0 Å². The molecule has 27 heavy (non-hydrogen) atoms. The fraction of sp³-hybridized carbons (Fsp3) is 0.409. The first-order valence-electron chi connectivity index (χ1n) is 9.15. The Labute approximate surface area is 159 Å². The number of carbonyl (C=O) groups excluding carboxylic acids is 1. The number of ether oxygens (including phenoxy) is 2. The van der Waals surface area contributed by atoms with E-state index in [-0.39, 0.29) is 12.0 Å². The minimum absolute atomic E-state index is 0.284. The average Bonchev–Trinajstić information content (AvgIpc) is 3.31. The van der Waals surface area contributed by atoms with Crippen LogP contribution in [0, 0.1) is 0 Å². The minimum Gasteiger partial charge on any atom is -0.497 e. The molecule has 0 N–H and O–H groups in total. The standard InChI is InChI=1S/C22H25NO4/c1-20(2,3)23-18(15-11-13-17(25-5)14-12-15)22(16-9-7-6-8-10-16)21(4,27-22)19(24)26-23/h6-14,18H,1-5H3/t18-,21+,22-/m0/s1. The zero-order valence-electron chi connectivity index (χ0n) is 16.4. The average molecular weight is 367 g/mol. The molecule has 0 bridgehead atoms. The van der Waals surface area contributed by atoms with E-state index in [4.69, 9.17) is 14.3 Å². The summed E-state index contributed by atoms with van der Waals surface area (Å²) in [4.78, 5) is 18.7. The number of fused-ring (bicyclic) bond motifs is 1. The van der Waals surface area contributed by atoms with Crippen molar-refractivity contribution >= 4 is 5.97 Å². The lowest BCUT2D eigenvalue weighted by molar-refractivity contribution is -0.253. The van der Waals surface area contributed by atoms with Crippen LogP contribution in [0.2, 0.25) is 0 Å². The topological polar surface area (TPSA) is 51.3 Å². The summed E-state index contributed by atoms with van der Waals surface area (Å²) in [7, 11) is 1.64. The highest BCUT2D eigenvalue weighted by atomic mass is 16.8. The van der Waals surface area contributed by atoms with Crippen molar-refractivity contribution in [2.75, 3.05) is 7.11 Å². The number of hydrogen-bond acceptors (Lipinski definition) is 5. The second-order valence-electron chi connectivity index (χ2n) is 8.29. The molecular weight excluding hydrogens is 342 g/mol. The molecule has 0 unspecified atom stereocenters. The molecule has 0 aromatic heterocycles. The van der Waals surface area contributed by atoms with Crippen LogP contribution >= 0.6 is 0 Å². The summed E-state index contributed by atoms with van der Waals surface area (Å²) in [5.74, 6) is 0.424. The monoisotopic (exact) mass is 367 g/mol. The molecule has 2 saturated heterocycles. The number of methoxy groups -OCH3 is 1. The van der Waals surface area contributed by atoms with Gasteiger partial charge in [-0.2, -0.15) is 0 Å². The van der Waals surface area contributed by atoms with E-state index >= 15 is 0 Å². The molecule has 2 aliphatic heterocycles. The summed E-state index contributed by atoms with van der Waals surface area (Å²) in [6.07, 6.45) is 0. The van der Waals surface area contributed by atoms with E-state index < -0.39 is 16.7 Å². The van der Waals surface area contributed by atoms with Crippen molar-refractivity contribution in [3.63, 3.8) is 0 Å². The van der Waals surface area contributed by atoms with Gasteiger partial charge in [-0.25, -0.2) is 4.79 Å². The van der Waals surface area contributed by atoms with Crippen molar-refractivity contribution in [1.29, 1.82) is 0 Å². The molecule has 3 atom stereocenters. The van der Waals surface area contributed by atoms with Crippen molar-refractivity contribution in [3.8, 4) is 5.75 Å². The van der Waals surface area contributed by atoms with Gasteiger partial charge >= 0.3 is 5.97 Å². The lowest BCUT2D eigenvalue weighted by Crippen LogP contribution is -2.56. The third-order valence-corrected chi connectivity index (χ3v) is 5.52. The van der Waals surface area contributed by atoms with Crippen LogP contribution in [0.25, 0.3) is 0 Å². The van der Waals surface area contributed by atoms with E-state index in [0.29, 0.717) is 0 Å². The van der Waals surface area contributed by atoms with Crippen LogP contribution < -0.4 is 4.74 Å². The zero-order valence-corrected chi connectivity index (χ0v) is 16.4. The minimum atomic E-state index is -1.01. The van der Waals surface area contributed by atoms with E-state index in [1.165, 1.54) is 0 Å². The Bertz CT molecular complexity index is 858. The van der Waals surface area contributed by atoms with Gasteiger partial charge in [0.2, 0.25) is 5.60 Å². The molecule has 2 aliphatic rings. The summed E-state index contributed by atoms with van der Waals surface area (Å²) < 4.78 is 11.6. The molecule has 0 amide bonds. The van der Waals surface area contributed by atoms with Crippen LogP contribution in [-0.4, -0.2) is 29.3 Å². The van der Waals surface area contributed by atoms with Crippen molar-refractivity contribution in [2.24, 2.45) is 0 Å². The Hall–Kier alpha value is -2.37. The van der Waals surface area contributed by atoms with Crippen LogP contribution in [-0.2, 0) is 20.0 Å². The normalized spacial score (nSPS) is 30.4. The Morgan fingerprint density at radius 2 is 1.67 bits per heavy atom. The maximum Gasteiger partial charge on any atom is 0.360 e. The molecule has 0 aliphatic carbocycles. The second kappa shape index (κ2) is 5.81. The number of carbonyl (C=O) groups is 1. The van der Waals surface area contributed by atoms with Crippen molar-refractivity contribution in [1.82, 2.24) is 5.06 Å². The Balaban J connectivity index is 1.91. The molecule has 5 nitrogen and oxygen atoms in total. The third kappa shape index (κ3) is 2.49. The van der Waals surface area contributed by atoms with E-state index in [1.807, 2.05) is 82.3 Å². The van der Waals surface area contributed by atoms with Gasteiger partial charge in [-0.05, 0) is 51.0 Å². The smallest absolute Gasteiger partial charge is 0.360 e. The van der Waals surface area contributed by atoms with Crippen molar-refractivity contribution in [3.05, 3.63) is 65.7 Å². The number of benzene rings is 2. The Morgan fingerprint density at radius 3 is 2.22 bits per heavy atom. The lowest BCUT2D eigenvalue weighted by atomic mass is 9.76. The molecule has 2 fully saturated rings. The zero-order chi connectivity index (χ0) is 19.4. The molecule has 2 heterocycles. The highest BCUT2D eigenvalue weighted by Crippen LogP contribution is 2.67. The Kier molecular flexibility index (Phi) is 3.88.